The van der Waals surface area contributed by atoms with Crippen molar-refractivity contribution >= 4 is 0 Å². The molecule has 2 rings (SSSR count). The molecule has 1 saturated heterocycles. The Morgan fingerprint density at radius 3 is 2.74 bits per heavy atom. The molecular weight excluding hydrogens is 238 g/mol. The van der Waals surface area contributed by atoms with Crippen molar-refractivity contribution in [2.75, 3.05) is 19.6 Å². The Morgan fingerprint density at radius 2 is 2.21 bits per heavy atom. The van der Waals surface area contributed by atoms with E-state index in [9.17, 15) is 0 Å². The first-order valence-electron chi connectivity index (χ1n) is 7.44. The molecule has 0 bridgehead atoms. The Bertz CT molecular complexity index is 396. The summed E-state index contributed by atoms with van der Waals surface area (Å²) in [7, 11) is 0. The number of piperidine rings is 1. The molecule has 1 N–H and O–H groups in total. The molecule has 1 aromatic rings. The van der Waals surface area contributed by atoms with E-state index in [0.29, 0.717) is 18.0 Å². The minimum Gasteiger partial charge on any atom is -0.361 e. The molecular formula is C15H27N3O. The monoisotopic (exact) mass is 265 g/mol. The lowest BCUT2D eigenvalue weighted by Gasteiger charge is -2.40. The fraction of sp³-hybridized carbons (Fsp3) is 0.800. The highest BCUT2D eigenvalue weighted by Gasteiger charge is 2.30. The Hall–Kier alpha value is -0.870. The van der Waals surface area contributed by atoms with Gasteiger partial charge in [-0.1, -0.05) is 19.0 Å². The zero-order valence-electron chi connectivity index (χ0n) is 12.9. The maximum atomic E-state index is 5.30. The smallest absolute Gasteiger partial charge is 0.138 e. The van der Waals surface area contributed by atoms with E-state index in [4.69, 9.17) is 4.52 Å². The van der Waals surface area contributed by atoms with Crippen LogP contribution in [0.5, 0.6) is 0 Å². The predicted octanol–water partition coefficient (Wildman–Crippen LogP) is 2.67. The second-order valence-corrected chi connectivity index (χ2v) is 5.84. The average molecular weight is 265 g/mol. The maximum Gasteiger partial charge on any atom is 0.138 e. The van der Waals surface area contributed by atoms with Gasteiger partial charge >= 0.3 is 0 Å². The summed E-state index contributed by atoms with van der Waals surface area (Å²) in [5.41, 5.74) is 2.31. The van der Waals surface area contributed by atoms with Crippen molar-refractivity contribution in [1.29, 1.82) is 0 Å². The zero-order valence-corrected chi connectivity index (χ0v) is 12.9. The summed E-state index contributed by atoms with van der Waals surface area (Å²) in [6.07, 6.45) is 1.22. The van der Waals surface area contributed by atoms with Gasteiger partial charge in [-0.3, -0.25) is 4.90 Å². The second kappa shape index (κ2) is 6.06. The summed E-state index contributed by atoms with van der Waals surface area (Å²) >= 11 is 0. The van der Waals surface area contributed by atoms with Gasteiger partial charge in [0.05, 0.1) is 5.69 Å². The van der Waals surface area contributed by atoms with Crippen LogP contribution in [0.1, 0.15) is 50.3 Å². The van der Waals surface area contributed by atoms with Crippen LogP contribution in [-0.4, -0.2) is 35.7 Å². The largest absolute Gasteiger partial charge is 0.361 e. The Morgan fingerprint density at radius 1 is 1.47 bits per heavy atom. The topological polar surface area (TPSA) is 41.3 Å². The highest BCUT2D eigenvalue weighted by Crippen LogP contribution is 2.30. The van der Waals surface area contributed by atoms with Crippen LogP contribution in [0, 0.1) is 19.8 Å². The Balaban J connectivity index is 2.04. The molecule has 4 nitrogen and oxygen atoms in total. The summed E-state index contributed by atoms with van der Waals surface area (Å²) in [4.78, 5) is 2.56. The van der Waals surface area contributed by atoms with Crippen LogP contribution in [0.25, 0.3) is 0 Å². The standard InChI is InChI=1S/C15H27N3O/c1-6-16-14-7-8-18(9-10(14)2)12(4)15-11(3)17-19-13(15)5/h10,12,14,16H,6-9H2,1-5H3. The van der Waals surface area contributed by atoms with Crippen LogP contribution in [-0.2, 0) is 0 Å². The third-order valence-electron chi connectivity index (χ3n) is 4.46. The third-order valence-corrected chi connectivity index (χ3v) is 4.46. The van der Waals surface area contributed by atoms with E-state index in [2.05, 4.69) is 36.1 Å². The van der Waals surface area contributed by atoms with E-state index in [1.807, 2.05) is 13.8 Å². The van der Waals surface area contributed by atoms with Gasteiger partial charge in [0.25, 0.3) is 0 Å². The van der Waals surface area contributed by atoms with Gasteiger partial charge in [0.2, 0.25) is 0 Å². The number of nitrogens with zero attached hydrogens (tertiary/aromatic N) is 2. The normalized spacial score (nSPS) is 26.6. The van der Waals surface area contributed by atoms with Crippen molar-refractivity contribution in [2.45, 2.75) is 53.1 Å². The molecule has 3 atom stereocenters. The molecule has 1 aliphatic rings. The summed E-state index contributed by atoms with van der Waals surface area (Å²) in [6.45, 7) is 14.2. The number of aryl methyl sites for hydroxylation is 2. The van der Waals surface area contributed by atoms with Gasteiger partial charge in [-0.15, -0.1) is 0 Å². The van der Waals surface area contributed by atoms with Crippen molar-refractivity contribution in [2.24, 2.45) is 5.92 Å². The molecule has 1 fully saturated rings. The van der Waals surface area contributed by atoms with E-state index < -0.39 is 0 Å². The van der Waals surface area contributed by atoms with Crippen molar-refractivity contribution in [3.63, 3.8) is 0 Å². The third kappa shape index (κ3) is 3.00. The maximum absolute atomic E-state index is 5.30. The van der Waals surface area contributed by atoms with E-state index >= 15 is 0 Å². The van der Waals surface area contributed by atoms with Crippen molar-refractivity contribution in [3.8, 4) is 0 Å². The SMILES string of the molecule is CCNC1CCN(C(C)c2c(C)noc2C)CC1C. The van der Waals surface area contributed by atoms with Crippen molar-refractivity contribution < 1.29 is 4.52 Å². The number of aromatic nitrogens is 1. The lowest BCUT2D eigenvalue weighted by atomic mass is 9.91. The number of hydrogen-bond acceptors (Lipinski definition) is 4. The molecule has 0 amide bonds. The molecule has 0 radical (unpaired) electrons. The van der Waals surface area contributed by atoms with Gasteiger partial charge in [0, 0.05) is 30.7 Å². The predicted molar refractivity (Wildman–Crippen MR) is 77.2 cm³/mol. The molecule has 1 aliphatic heterocycles. The first-order valence-corrected chi connectivity index (χ1v) is 7.44. The molecule has 2 heterocycles. The molecule has 0 saturated carbocycles. The first kappa shape index (κ1) is 14.5. The number of hydrogen-bond donors (Lipinski definition) is 1. The van der Waals surface area contributed by atoms with Crippen LogP contribution in [0.15, 0.2) is 4.52 Å². The highest BCUT2D eigenvalue weighted by molar-refractivity contribution is 5.24. The van der Waals surface area contributed by atoms with Crippen molar-refractivity contribution in [1.82, 2.24) is 15.4 Å². The summed E-state index contributed by atoms with van der Waals surface area (Å²) in [6, 6.07) is 1.06. The van der Waals surface area contributed by atoms with Crippen LogP contribution >= 0.6 is 0 Å². The molecule has 4 heteroatoms. The van der Waals surface area contributed by atoms with E-state index in [-0.39, 0.29) is 0 Å². The number of rotatable bonds is 4. The molecule has 3 unspecified atom stereocenters. The van der Waals surface area contributed by atoms with Gasteiger partial charge in [0.15, 0.2) is 0 Å². The molecule has 0 aliphatic carbocycles. The second-order valence-electron chi connectivity index (χ2n) is 5.84. The Labute approximate surface area is 116 Å². The average Bonchev–Trinajstić information content (AvgIpc) is 2.71. The quantitative estimate of drug-likeness (QED) is 0.909. The van der Waals surface area contributed by atoms with Gasteiger partial charge in [0.1, 0.15) is 5.76 Å². The first-order chi connectivity index (χ1) is 9.04. The number of nitrogens with one attached hydrogen (secondary N) is 1. The zero-order chi connectivity index (χ0) is 14.0. The highest BCUT2D eigenvalue weighted by atomic mass is 16.5. The molecule has 0 aromatic carbocycles. The fourth-order valence-electron chi connectivity index (χ4n) is 3.36. The van der Waals surface area contributed by atoms with Gasteiger partial charge in [-0.2, -0.15) is 0 Å². The van der Waals surface area contributed by atoms with Crippen LogP contribution in [0.3, 0.4) is 0 Å². The van der Waals surface area contributed by atoms with Crippen LogP contribution in [0.2, 0.25) is 0 Å². The Kier molecular flexibility index (Phi) is 4.63. The minimum atomic E-state index is 0.399. The molecule has 1 aromatic heterocycles. The minimum absolute atomic E-state index is 0.399. The number of likely N-dealkylation sites (tertiary alicyclic amines) is 1. The summed E-state index contributed by atoms with van der Waals surface area (Å²) < 4.78 is 5.30. The lowest BCUT2D eigenvalue weighted by molar-refractivity contribution is 0.111. The molecule has 0 spiro atoms. The lowest BCUT2D eigenvalue weighted by Crippen LogP contribution is -2.48. The molecule has 108 valence electrons. The van der Waals surface area contributed by atoms with Gasteiger partial charge in [-0.05, 0) is 39.7 Å². The van der Waals surface area contributed by atoms with E-state index in [1.165, 1.54) is 12.0 Å². The van der Waals surface area contributed by atoms with Gasteiger partial charge < -0.3 is 9.84 Å². The van der Waals surface area contributed by atoms with E-state index in [0.717, 1.165) is 31.1 Å². The van der Waals surface area contributed by atoms with Crippen LogP contribution in [0.4, 0.5) is 0 Å². The summed E-state index contributed by atoms with van der Waals surface area (Å²) in [5, 5.41) is 7.68. The van der Waals surface area contributed by atoms with E-state index in [1.54, 1.807) is 0 Å². The molecule has 19 heavy (non-hydrogen) atoms. The van der Waals surface area contributed by atoms with Gasteiger partial charge in [-0.25, -0.2) is 0 Å². The van der Waals surface area contributed by atoms with Crippen molar-refractivity contribution in [3.05, 3.63) is 17.0 Å². The van der Waals surface area contributed by atoms with Crippen LogP contribution < -0.4 is 5.32 Å². The summed E-state index contributed by atoms with van der Waals surface area (Å²) in [5.74, 6) is 1.66. The fourth-order valence-corrected chi connectivity index (χ4v) is 3.36.